The van der Waals surface area contributed by atoms with Gasteiger partial charge in [0.05, 0.1) is 29.7 Å². The minimum Gasteiger partial charge on any atom is -0.488 e. The fourth-order valence-corrected chi connectivity index (χ4v) is 3.99. The van der Waals surface area contributed by atoms with Gasteiger partial charge in [-0.15, -0.1) is 0 Å². The maximum absolute atomic E-state index is 6.27. The molecule has 0 atom stereocenters. The molecule has 0 spiro atoms. The quantitative estimate of drug-likeness (QED) is 0.572. The molecule has 2 aromatic heterocycles. The van der Waals surface area contributed by atoms with Crippen LogP contribution in [0.25, 0.3) is 11.0 Å². The molecule has 2 heterocycles. The van der Waals surface area contributed by atoms with Gasteiger partial charge in [-0.2, -0.15) is 0 Å². The summed E-state index contributed by atoms with van der Waals surface area (Å²) in [6.45, 7) is 6.17. The number of hydrogen-bond acceptors (Lipinski definition) is 8. The number of hydrogen-bond donors (Lipinski definition) is 2. The Morgan fingerprint density at radius 3 is 2.40 bits per heavy atom. The summed E-state index contributed by atoms with van der Waals surface area (Å²) in [6.07, 6.45) is 11.2. The molecule has 1 aliphatic carbocycles. The highest BCUT2D eigenvalue weighted by molar-refractivity contribution is 5.84. The molecule has 0 unspecified atom stereocenters. The summed E-state index contributed by atoms with van der Waals surface area (Å²) in [4.78, 5) is 20.0. The third-order valence-electron chi connectivity index (χ3n) is 5.63. The van der Waals surface area contributed by atoms with Gasteiger partial charge in [0.2, 0.25) is 5.95 Å². The number of nitrogens with zero attached hydrogens (tertiary/aromatic N) is 5. The van der Waals surface area contributed by atoms with Crippen LogP contribution in [0, 0.1) is 0 Å². The molecule has 0 aliphatic heterocycles. The highest BCUT2D eigenvalue weighted by atomic mass is 16.5. The molecule has 0 radical (unpaired) electrons. The molecule has 4 rings (SSSR count). The van der Waals surface area contributed by atoms with Gasteiger partial charge >= 0.3 is 0 Å². The number of fused-ring (bicyclic) bond motifs is 1. The minimum absolute atomic E-state index is 0.140. The number of ether oxygens (including phenoxy) is 1. The monoisotopic (exact) mass is 407 g/mol. The lowest BCUT2D eigenvalue weighted by atomic mass is 9.93. The predicted octanol–water partition coefficient (Wildman–Crippen LogP) is 3.65. The van der Waals surface area contributed by atoms with Crippen molar-refractivity contribution < 1.29 is 4.74 Å². The van der Waals surface area contributed by atoms with Crippen molar-refractivity contribution in [3.63, 3.8) is 0 Å². The van der Waals surface area contributed by atoms with Gasteiger partial charge in [0.25, 0.3) is 0 Å². The van der Waals surface area contributed by atoms with Crippen LogP contribution >= 0.6 is 0 Å². The summed E-state index contributed by atoms with van der Waals surface area (Å²) in [7, 11) is 0. The second-order valence-corrected chi connectivity index (χ2v) is 7.62. The van der Waals surface area contributed by atoms with Gasteiger partial charge in [0.15, 0.2) is 0 Å². The summed E-state index contributed by atoms with van der Waals surface area (Å²) in [5.74, 6) is 1.40. The van der Waals surface area contributed by atoms with E-state index in [4.69, 9.17) is 10.5 Å². The van der Waals surface area contributed by atoms with Crippen molar-refractivity contribution in [2.75, 3.05) is 29.0 Å². The lowest BCUT2D eigenvalue weighted by molar-refractivity contribution is 0.152. The Morgan fingerprint density at radius 2 is 1.70 bits per heavy atom. The molecule has 1 fully saturated rings. The van der Waals surface area contributed by atoms with E-state index in [0.29, 0.717) is 23.4 Å². The summed E-state index contributed by atoms with van der Waals surface area (Å²) in [6, 6.07) is 4.01. The highest BCUT2D eigenvalue weighted by Crippen LogP contribution is 2.30. The molecule has 1 saturated carbocycles. The first-order valence-corrected chi connectivity index (χ1v) is 10.7. The molecule has 0 amide bonds. The second-order valence-electron chi connectivity index (χ2n) is 7.62. The average Bonchev–Trinajstić information content (AvgIpc) is 2.77. The molecule has 8 heteroatoms. The maximum Gasteiger partial charge on any atom is 0.222 e. The van der Waals surface area contributed by atoms with Crippen LogP contribution in [0.1, 0.15) is 39.5 Å². The van der Waals surface area contributed by atoms with E-state index in [1.54, 1.807) is 12.4 Å². The number of anilines is 3. The fraction of sp³-hybridized carbons (Fsp3) is 0.455. The van der Waals surface area contributed by atoms with E-state index in [1.807, 2.05) is 24.5 Å². The molecule has 0 saturated heterocycles. The molecule has 8 nitrogen and oxygen atoms in total. The van der Waals surface area contributed by atoms with Crippen LogP contribution in [-0.4, -0.2) is 45.2 Å². The maximum atomic E-state index is 6.27. The average molecular weight is 408 g/mol. The van der Waals surface area contributed by atoms with Crippen molar-refractivity contribution in [1.29, 1.82) is 0 Å². The molecule has 1 aliphatic rings. The Labute approximate surface area is 176 Å². The molecule has 0 bridgehead atoms. The van der Waals surface area contributed by atoms with Crippen LogP contribution in [0.15, 0.2) is 36.9 Å². The third kappa shape index (κ3) is 4.53. The lowest BCUT2D eigenvalue weighted by Gasteiger charge is -2.30. The van der Waals surface area contributed by atoms with Crippen molar-refractivity contribution in [3.8, 4) is 5.75 Å². The standard InChI is InChI=1S/C22H29N7O/c1-3-29(4-2)17-13-26-22(27-14-17)28-16-5-7-18(8-6-16)30-20-12-15(23)11-19-21(20)25-10-9-24-19/h9-14,16,18H,3-8,23H2,1-2H3,(H,26,27,28). The summed E-state index contributed by atoms with van der Waals surface area (Å²) < 4.78 is 6.27. The molecular formula is C22H29N7O. The molecule has 158 valence electrons. The first-order valence-electron chi connectivity index (χ1n) is 10.7. The minimum atomic E-state index is 0.140. The Kier molecular flexibility index (Phi) is 6.11. The lowest BCUT2D eigenvalue weighted by Crippen LogP contribution is -2.32. The first-order chi connectivity index (χ1) is 14.7. The summed E-state index contributed by atoms with van der Waals surface area (Å²) in [5, 5.41) is 3.47. The van der Waals surface area contributed by atoms with Crippen molar-refractivity contribution in [2.45, 2.75) is 51.7 Å². The van der Waals surface area contributed by atoms with Gasteiger partial charge in [-0.05, 0) is 45.6 Å². The van der Waals surface area contributed by atoms with Gasteiger partial charge < -0.3 is 20.7 Å². The van der Waals surface area contributed by atoms with Crippen LogP contribution in [-0.2, 0) is 0 Å². The van der Waals surface area contributed by atoms with Gasteiger partial charge in [-0.25, -0.2) is 15.0 Å². The zero-order valence-electron chi connectivity index (χ0n) is 17.6. The predicted molar refractivity (Wildman–Crippen MR) is 120 cm³/mol. The van der Waals surface area contributed by atoms with E-state index >= 15 is 0 Å². The summed E-state index contributed by atoms with van der Waals surface area (Å²) >= 11 is 0. The third-order valence-corrected chi connectivity index (χ3v) is 5.63. The van der Waals surface area contributed by atoms with Crippen molar-refractivity contribution >= 4 is 28.4 Å². The molecule has 1 aromatic carbocycles. The van der Waals surface area contributed by atoms with E-state index in [9.17, 15) is 0 Å². The largest absolute Gasteiger partial charge is 0.488 e. The number of aromatic nitrogens is 4. The Morgan fingerprint density at radius 1 is 1.00 bits per heavy atom. The van der Waals surface area contributed by atoms with E-state index in [2.05, 4.69) is 44.0 Å². The topological polar surface area (TPSA) is 102 Å². The SMILES string of the molecule is CCN(CC)c1cnc(NC2CCC(Oc3cc(N)cc4nccnc34)CC2)nc1. The van der Waals surface area contributed by atoms with Crippen LogP contribution in [0.5, 0.6) is 5.75 Å². The van der Waals surface area contributed by atoms with Crippen LogP contribution in [0.4, 0.5) is 17.3 Å². The smallest absolute Gasteiger partial charge is 0.222 e. The molecular weight excluding hydrogens is 378 g/mol. The molecule has 3 aromatic rings. The van der Waals surface area contributed by atoms with Gasteiger partial charge in [0.1, 0.15) is 11.3 Å². The summed E-state index contributed by atoms with van der Waals surface area (Å²) in [5.41, 5.74) is 9.22. The Balaban J connectivity index is 1.33. The first kappa shape index (κ1) is 20.1. The van der Waals surface area contributed by atoms with Crippen molar-refractivity contribution in [1.82, 2.24) is 19.9 Å². The van der Waals surface area contributed by atoms with E-state index in [1.165, 1.54) is 0 Å². The zero-order chi connectivity index (χ0) is 20.9. The fourth-order valence-electron chi connectivity index (χ4n) is 3.99. The van der Waals surface area contributed by atoms with E-state index in [0.717, 1.165) is 55.5 Å². The van der Waals surface area contributed by atoms with Crippen LogP contribution in [0.3, 0.4) is 0 Å². The van der Waals surface area contributed by atoms with Crippen molar-refractivity contribution in [2.24, 2.45) is 0 Å². The molecule has 3 N–H and O–H groups in total. The Bertz CT molecular complexity index is 967. The number of benzene rings is 1. The normalized spacial score (nSPS) is 18.9. The number of nitrogens with one attached hydrogen (secondary N) is 1. The van der Waals surface area contributed by atoms with Crippen LogP contribution < -0.4 is 20.7 Å². The highest BCUT2D eigenvalue weighted by Gasteiger charge is 2.24. The second kappa shape index (κ2) is 9.11. The van der Waals surface area contributed by atoms with Gasteiger partial charge in [0, 0.05) is 43.3 Å². The van der Waals surface area contributed by atoms with E-state index < -0.39 is 0 Å². The number of nitrogen functional groups attached to an aromatic ring is 1. The van der Waals surface area contributed by atoms with Crippen LogP contribution in [0.2, 0.25) is 0 Å². The van der Waals surface area contributed by atoms with E-state index in [-0.39, 0.29) is 6.10 Å². The van der Waals surface area contributed by atoms with Gasteiger partial charge in [-0.3, -0.25) is 4.98 Å². The zero-order valence-corrected chi connectivity index (χ0v) is 17.6. The molecule has 30 heavy (non-hydrogen) atoms. The van der Waals surface area contributed by atoms with Gasteiger partial charge in [-0.1, -0.05) is 0 Å². The Hall–Kier alpha value is -3.16. The number of rotatable bonds is 7. The van der Waals surface area contributed by atoms with Crippen molar-refractivity contribution in [3.05, 3.63) is 36.9 Å². The number of nitrogens with two attached hydrogens (primary N) is 1.